The van der Waals surface area contributed by atoms with Gasteiger partial charge in [0.15, 0.2) is 0 Å². The van der Waals surface area contributed by atoms with Crippen LogP contribution in [0.1, 0.15) is 16.1 Å². The van der Waals surface area contributed by atoms with E-state index in [1.807, 2.05) is 0 Å². The number of anilines is 1. The molecule has 0 radical (unpaired) electrons. The van der Waals surface area contributed by atoms with Gasteiger partial charge in [0.1, 0.15) is 10.7 Å². The number of methoxy groups -OCH3 is 1. The molecular formula is C17H12F3N3O2S. The lowest BCUT2D eigenvalue weighted by Crippen LogP contribution is -2.12. The van der Waals surface area contributed by atoms with Crippen LogP contribution in [0.4, 0.5) is 18.9 Å². The van der Waals surface area contributed by atoms with Crippen LogP contribution in [0.15, 0.2) is 48.0 Å². The Morgan fingerprint density at radius 1 is 1.23 bits per heavy atom. The fourth-order valence-corrected chi connectivity index (χ4v) is 2.91. The molecule has 0 unspecified atom stereocenters. The second-order valence-electron chi connectivity index (χ2n) is 5.16. The zero-order valence-corrected chi connectivity index (χ0v) is 14.2. The molecule has 26 heavy (non-hydrogen) atoms. The van der Waals surface area contributed by atoms with Crippen LogP contribution < -0.4 is 10.1 Å². The third-order valence-corrected chi connectivity index (χ3v) is 4.27. The van der Waals surface area contributed by atoms with Crippen molar-refractivity contribution in [2.75, 3.05) is 12.4 Å². The Hall–Kier alpha value is -2.94. The second-order valence-corrected chi connectivity index (χ2v) is 6.02. The maximum atomic E-state index is 12.8. The molecule has 0 spiro atoms. The van der Waals surface area contributed by atoms with Crippen LogP contribution in [0.2, 0.25) is 0 Å². The minimum Gasteiger partial charge on any atom is -0.481 e. The number of aromatic nitrogens is 2. The van der Waals surface area contributed by atoms with Crippen molar-refractivity contribution in [3.63, 3.8) is 0 Å². The van der Waals surface area contributed by atoms with Crippen molar-refractivity contribution in [2.45, 2.75) is 6.18 Å². The number of carbonyl (C=O) groups is 1. The van der Waals surface area contributed by atoms with E-state index in [4.69, 9.17) is 4.74 Å². The molecule has 0 atom stereocenters. The van der Waals surface area contributed by atoms with Crippen molar-refractivity contribution in [2.24, 2.45) is 0 Å². The molecule has 1 aromatic carbocycles. The van der Waals surface area contributed by atoms with Gasteiger partial charge in [-0.05, 0) is 18.2 Å². The summed E-state index contributed by atoms with van der Waals surface area (Å²) in [5.41, 5.74) is 0.0955. The summed E-state index contributed by atoms with van der Waals surface area (Å²) in [5, 5.41) is 4.43. The Morgan fingerprint density at radius 3 is 2.69 bits per heavy atom. The van der Waals surface area contributed by atoms with Gasteiger partial charge in [0.25, 0.3) is 5.91 Å². The molecule has 9 heteroatoms. The first-order valence-electron chi connectivity index (χ1n) is 7.31. The van der Waals surface area contributed by atoms with Crippen LogP contribution in [-0.2, 0) is 6.18 Å². The van der Waals surface area contributed by atoms with Crippen LogP contribution in [-0.4, -0.2) is 23.0 Å². The lowest BCUT2D eigenvalue weighted by Gasteiger charge is -2.07. The molecule has 5 nitrogen and oxygen atoms in total. The normalized spacial score (nSPS) is 11.2. The molecular weight excluding hydrogens is 367 g/mol. The number of halogens is 3. The number of thiazole rings is 1. The number of pyridine rings is 1. The summed E-state index contributed by atoms with van der Waals surface area (Å²) >= 11 is 1.09. The van der Waals surface area contributed by atoms with E-state index in [2.05, 4.69) is 15.3 Å². The predicted octanol–water partition coefficient (Wildman–Crippen LogP) is 4.48. The molecule has 1 N–H and O–H groups in total. The quantitative estimate of drug-likeness (QED) is 0.726. The van der Waals surface area contributed by atoms with Gasteiger partial charge in [-0.1, -0.05) is 12.1 Å². The van der Waals surface area contributed by atoms with E-state index in [1.54, 1.807) is 12.1 Å². The number of amides is 1. The number of hydrogen-bond donors (Lipinski definition) is 1. The first kappa shape index (κ1) is 17.9. The lowest BCUT2D eigenvalue weighted by molar-refractivity contribution is -0.137. The van der Waals surface area contributed by atoms with E-state index in [9.17, 15) is 18.0 Å². The maximum absolute atomic E-state index is 12.8. The van der Waals surface area contributed by atoms with Crippen molar-refractivity contribution in [3.8, 4) is 16.5 Å². The molecule has 134 valence electrons. The zero-order valence-electron chi connectivity index (χ0n) is 13.4. The summed E-state index contributed by atoms with van der Waals surface area (Å²) in [6, 6.07) is 8.02. The number of alkyl halides is 3. The highest BCUT2D eigenvalue weighted by molar-refractivity contribution is 7.13. The largest absolute Gasteiger partial charge is 0.481 e. The molecule has 0 bridgehead atoms. The van der Waals surface area contributed by atoms with Crippen LogP contribution in [0.25, 0.3) is 10.6 Å². The number of hydrogen-bond acceptors (Lipinski definition) is 5. The molecule has 2 heterocycles. The highest BCUT2D eigenvalue weighted by Gasteiger charge is 2.30. The molecule has 0 fully saturated rings. The Morgan fingerprint density at radius 2 is 2.04 bits per heavy atom. The van der Waals surface area contributed by atoms with Crippen LogP contribution >= 0.6 is 11.3 Å². The van der Waals surface area contributed by atoms with Crippen LogP contribution in [0, 0.1) is 0 Å². The predicted molar refractivity (Wildman–Crippen MR) is 91.3 cm³/mol. The highest BCUT2D eigenvalue weighted by Crippen LogP contribution is 2.33. The Kier molecular flexibility index (Phi) is 4.90. The van der Waals surface area contributed by atoms with Crippen molar-refractivity contribution < 1.29 is 22.7 Å². The average molecular weight is 379 g/mol. The van der Waals surface area contributed by atoms with Crippen LogP contribution in [0.3, 0.4) is 0 Å². The Labute approximate surface area is 150 Å². The van der Waals surface area contributed by atoms with Gasteiger partial charge in [-0.3, -0.25) is 4.79 Å². The third kappa shape index (κ3) is 3.99. The van der Waals surface area contributed by atoms with Crippen molar-refractivity contribution in [1.29, 1.82) is 0 Å². The van der Waals surface area contributed by atoms with Gasteiger partial charge in [-0.2, -0.15) is 13.2 Å². The minimum atomic E-state index is -4.44. The van der Waals surface area contributed by atoms with Crippen LogP contribution in [0.5, 0.6) is 5.88 Å². The van der Waals surface area contributed by atoms with Crippen molar-refractivity contribution in [3.05, 3.63) is 59.2 Å². The maximum Gasteiger partial charge on any atom is 0.416 e. The number of carbonyl (C=O) groups excluding carboxylic acids is 1. The Bertz CT molecular complexity index is 924. The van der Waals surface area contributed by atoms with Gasteiger partial charge in [0.2, 0.25) is 5.88 Å². The van der Waals surface area contributed by atoms with Gasteiger partial charge in [-0.15, -0.1) is 11.3 Å². The molecule has 2 aromatic heterocycles. The molecule has 0 saturated heterocycles. The van der Waals surface area contributed by atoms with E-state index in [-0.39, 0.29) is 5.69 Å². The minimum absolute atomic E-state index is 0.109. The van der Waals surface area contributed by atoms with E-state index in [0.717, 1.165) is 23.5 Å². The molecule has 1 amide bonds. The number of ether oxygens (including phenoxy) is 1. The monoisotopic (exact) mass is 379 g/mol. The third-order valence-electron chi connectivity index (χ3n) is 3.38. The van der Waals surface area contributed by atoms with Gasteiger partial charge < -0.3 is 10.1 Å². The summed E-state index contributed by atoms with van der Waals surface area (Å²) in [4.78, 5) is 20.3. The van der Waals surface area contributed by atoms with Gasteiger partial charge in [0.05, 0.1) is 24.6 Å². The van der Waals surface area contributed by atoms with Crippen molar-refractivity contribution in [1.82, 2.24) is 9.97 Å². The van der Waals surface area contributed by atoms with Gasteiger partial charge in [0, 0.05) is 17.0 Å². The summed E-state index contributed by atoms with van der Waals surface area (Å²) in [5.74, 6) is -0.0741. The summed E-state index contributed by atoms with van der Waals surface area (Å²) < 4.78 is 43.4. The zero-order chi connectivity index (χ0) is 18.7. The molecule has 0 aliphatic carbocycles. The van der Waals surface area contributed by atoms with Gasteiger partial charge in [-0.25, -0.2) is 9.97 Å². The van der Waals surface area contributed by atoms with Crippen molar-refractivity contribution >= 4 is 22.9 Å². The molecule has 3 rings (SSSR count). The first-order chi connectivity index (χ1) is 12.4. The fraction of sp³-hybridized carbons (Fsp3) is 0.118. The number of rotatable bonds is 4. The van der Waals surface area contributed by atoms with E-state index in [1.165, 1.54) is 30.8 Å². The van der Waals surface area contributed by atoms with E-state index in [0.29, 0.717) is 22.1 Å². The number of nitrogens with one attached hydrogen (secondary N) is 1. The summed E-state index contributed by atoms with van der Waals surface area (Å²) in [7, 11) is 1.48. The van der Waals surface area contributed by atoms with E-state index < -0.39 is 17.6 Å². The van der Waals surface area contributed by atoms with E-state index >= 15 is 0 Å². The average Bonchev–Trinajstić information content (AvgIpc) is 3.12. The topological polar surface area (TPSA) is 64.1 Å². The SMILES string of the molecule is COc1ccc(NC(=O)c2csc(-c3cccc(C(F)(F)F)c3)n2)cn1. The lowest BCUT2D eigenvalue weighted by atomic mass is 10.1. The smallest absolute Gasteiger partial charge is 0.416 e. The number of nitrogens with zero attached hydrogens (tertiary/aromatic N) is 2. The number of benzene rings is 1. The highest BCUT2D eigenvalue weighted by atomic mass is 32.1. The molecule has 0 aliphatic rings. The summed E-state index contributed by atoms with van der Waals surface area (Å²) in [6.07, 6.45) is -3.01. The van der Waals surface area contributed by atoms with Gasteiger partial charge >= 0.3 is 6.18 Å². The second kappa shape index (κ2) is 7.12. The standard InChI is InChI=1S/C17H12F3N3O2S/c1-25-14-6-5-12(8-21-14)22-15(24)13-9-26-16(23-13)10-3-2-4-11(7-10)17(18,19)20/h2-9H,1H3,(H,22,24). The Balaban J connectivity index is 1.77. The molecule has 0 aliphatic heterocycles. The first-order valence-corrected chi connectivity index (χ1v) is 8.19. The molecule has 0 saturated carbocycles. The fourth-order valence-electron chi connectivity index (χ4n) is 2.11. The molecule has 3 aromatic rings. The summed E-state index contributed by atoms with van der Waals surface area (Å²) in [6.45, 7) is 0.